The number of hydrogen-bond donors (Lipinski definition) is 1. The Morgan fingerprint density at radius 3 is 2.33 bits per heavy atom. The van der Waals surface area contributed by atoms with Gasteiger partial charge >= 0.3 is 5.97 Å². The molecule has 1 amide bonds. The van der Waals surface area contributed by atoms with Crippen LogP contribution in [0.2, 0.25) is 0 Å². The standard InChI is InChI=1S/C17H21F2NO4/c1-10-8-14(24-3)13(16(22)23)9-12(10)15(21)20(2)11-4-6-17(18,19)7-5-11/h8-9,11H,4-7H2,1-3H3,(H,22,23). The Kier molecular flexibility index (Phi) is 5.11. The van der Waals surface area contributed by atoms with Gasteiger partial charge in [-0.25, -0.2) is 13.6 Å². The zero-order valence-corrected chi connectivity index (χ0v) is 13.9. The molecule has 1 fully saturated rings. The molecule has 0 aromatic heterocycles. The number of ether oxygens (including phenoxy) is 1. The molecule has 2 rings (SSSR count). The van der Waals surface area contributed by atoms with E-state index in [0.717, 1.165) is 0 Å². The molecule has 7 heteroatoms. The molecule has 0 unspecified atom stereocenters. The molecule has 0 spiro atoms. The fraction of sp³-hybridized carbons (Fsp3) is 0.529. The second-order valence-electron chi connectivity index (χ2n) is 6.18. The SMILES string of the molecule is COc1cc(C)c(C(=O)N(C)C2CCC(F)(F)CC2)cc1C(=O)O. The maximum absolute atomic E-state index is 13.3. The number of carbonyl (C=O) groups excluding carboxylic acids is 1. The largest absolute Gasteiger partial charge is 0.496 e. The molecular weight excluding hydrogens is 320 g/mol. The minimum Gasteiger partial charge on any atom is -0.496 e. The Labute approximate surface area is 139 Å². The maximum atomic E-state index is 13.3. The summed E-state index contributed by atoms with van der Waals surface area (Å²) < 4.78 is 31.6. The van der Waals surface area contributed by atoms with Gasteiger partial charge in [0, 0.05) is 31.5 Å². The van der Waals surface area contributed by atoms with Gasteiger partial charge in [0.2, 0.25) is 5.92 Å². The molecule has 1 aromatic rings. The zero-order chi connectivity index (χ0) is 18.1. The van der Waals surface area contributed by atoms with E-state index in [1.165, 1.54) is 24.1 Å². The van der Waals surface area contributed by atoms with Crippen molar-refractivity contribution in [3.05, 3.63) is 28.8 Å². The zero-order valence-electron chi connectivity index (χ0n) is 13.9. The third kappa shape index (κ3) is 3.66. The number of benzene rings is 1. The summed E-state index contributed by atoms with van der Waals surface area (Å²) in [4.78, 5) is 25.5. The molecule has 0 heterocycles. The average Bonchev–Trinajstić information content (AvgIpc) is 2.52. The lowest BCUT2D eigenvalue weighted by Gasteiger charge is -2.34. The minimum atomic E-state index is -2.66. The van der Waals surface area contributed by atoms with Crippen LogP contribution in [-0.2, 0) is 0 Å². The molecule has 0 bridgehead atoms. The third-order valence-corrected chi connectivity index (χ3v) is 4.56. The van der Waals surface area contributed by atoms with Gasteiger partial charge in [-0.1, -0.05) is 0 Å². The molecule has 132 valence electrons. The minimum absolute atomic E-state index is 0.102. The molecule has 1 aliphatic rings. The molecule has 0 aliphatic heterocycles. The molecule has 1 aliphatic carbocycles. The highest BCUT2D eigenvalue weighted by molar-refractivity contribution is 6.00. The fourth-order valence-corrected chi connectivity index (χ4v) is 3.02. The monoisotopic (exact) mass is 341 g/mol. The molecule has 1 aromatic carbocycles. The predicted octanol–water partition coefficient (Wildman–Crippen LogP) is 3.35. The van der Waals surface area contributed by atoms with E-state index in [1.807, 2.05) is 0 Å². The van der Waals surface area contributed by atoms with Crippen molar-refractivity contribution in [2.45, 2.75) is 44.6 Å². The highest BCUT2D eigenvalue weighted by Gasteiger charge is 2.37. The number of hydrogen-bond acceptors (Lipinski definition) is 3. The summed E-state index contributed by atoms with van der Waals surface area (Å²) in [6.45, 7) is 1.68. The predicted molar refractivity (Wildman–Crippen MR) is 84.0 cm³/mol. The van der Waals surface area contributed by atoms with Crippen molar-refractivity contribution >= 4 is 11.9 Å². The average molecular weight is 341 g/mol. The number of carboxylic acid groups (broad SMARTS) is 1. The van der Waals surface area contributed by atoms with E-state index in [1.54, 1.807) is 14.0 Å². The first kappa shape index (κ1) is 18.2. The number of aryl methyl sites for hydroxylation is 1. The Bertz CT molecular complexity index is 650. The first-order valence-electron chi connectivity index (χ1n) is 7.73. The van der Waals surface area contributed by atoms with E-state index in [0.29, 0.717) is 5.56 Å². The smallest absolute Gasteiger partial charge is 0.339 e. The van der Waals surface area contributed by atoms with Crippen LogP contribution < -0.4 is 4.74 Å². The van der Waals surface area contributed by atoms with Crippen molar-refractivity contribution in [2.24, 2.45) is 0 Å². The van der Waals surface area contributed by atoms with E-state index in [-0.39, 0.29) is 54.5 Å². The van der Waals surface area contributed by atoms with Crippen LogP contribution in [0.4, 0.5) is 8.78 Å². The lowest BCUT2D eigenvalue weighted by atomic mass is 9.91. The normalized spacial score (nSPS) is 17.4. The van der Waals surface area contributed by atoms with E-state index >= 15 is 0 Å². The van der Waals surface area contributed by atoms with Crippen LogP contribution >= 0.6 is 0 Å². The number of methoxy groups -OCH3 is 1. The third-order valence-electron chi connectivity index (χ3n) is 4.56. The number of alkyl halides is 2. The number of carbonyl (C=O) groups is 2. The van der Waals surface area contributed by atoms with Gasteiger partial charge in [-0.05, 0) is 37.5 Å². The van der Waals surface area contributed by atoms with Crippen molar-refractivity contribution in [1.29, 1.82) is 0 Å². The second kappa shape index (κ2) is 6.75. The number of aromatic carboxylic acids is 1. The molecule has 0 atom stereocenters. The number of rotatable bonds is 4. The van der Waals surface area contributed by atoms with E-state index in [4.69, 9.17) is 4.74 Å². The van der Waals surface area contributed by atoms with Crippen LogP contribution in [0.15, 0.2) is 12.1 Å². The summed E-state index contributed by atoms with van der Waals surface area (Å²) in [6.07, 6.45) is -0.0129. The molecule has 1 saturated carbocycles. The second-order valence-corrected chi connectivity index (χ2v) is 6.18. The van der Waals surface area contributed by atoms with Crippen LogP contribution in [0.1, 0.15) is 52.0 Å². The van der Waals surface area contributed by atoms with Gasteiger partial charge in [0.05, 0.1) is 7.11 Å². The van der Waals surface area contributed by atoms with Gasteiger partial charge in [0.1, 0.15) is 11.3 Å². The number of halogens is 2. The number of nitrogens with zero attached hydrogens (tertiary/aromatic N) is 1. The van der Waals surface area contributed by atoms with Crippen LogP contribution in [0.3, 0.4) is 0 Å². The maximum Gasteiger partial charge on any atom is 0.339 e. The summed E-state index contributed by atoms with van der Waals surface area (Å²) in [6, 6.07) is 2.51. The Balaban J connectivity index is 2.26. The molecule has 0 radical (unpaired) electrons. The summed E-state index contributed by atoms with van der Waals surface area (Å²) in [7, 11) is 2.93. The van der Waals surface area contributed by atoms with Crippen molar-refractivity contribution < 1.29 is 28.2 Å². The van der Waals surface area contributed by atoms with Gasteiger partial charge in [-0.2, -0.15) is 0 Å². The van der Waals surface area contributed by atoms with Crippen molar-refractivity contribution in [3.8, 4) is 5.75 Å². The first-order valence-corrected chi connectivity index (χ1v) is 7.73. The van der Waals surface area contributed by atoms with Gasteiger partial charge in [0.25, 0.3) is 5.91 Å². The molecule has 24 heavy (non-hydrogen) atoms. The molecule has 5 nitrogen and oxygen atoms in total. The number of carboxylic acids is 1. The molecule has 0 saturated heterocycles. The molecular formula is C17H21F2NO4. The Hall–Kier alpha value is -2.18. The first-order chi connectivity index (χ1) is 11.2. The Morgan fingerprint density at radius 2 is 1.83 bits per heavy atom. The lowest BCUT2D eigenvalue weighted by molar-refractivity contribution is -0.0490. The fourth-order valence-electron chi connectivity index (χ4n) is 3.02. The van der Waals surface area contributed by atoms with Gasteiger partial charge < -0.3 is 14.7 Å². The number of amides is 1. The Morgan fingerprint density at radius 1 is 1.25 bits per heavy atom. The lowest BCUT2D eigenvalue weighted by Crippen LogP contribution is -2.42. The summed E-state index contributed by atoms with van der Waals surface area (Å²) in [5, 5.41) is 9.25. The van der Waals surface area contributed by atoms with Crippen LogP contribution in [0.5, 0.6) is 5.75 Å². The topological polar surface area (TPSA) is 66.8 Å². The quantitative estimate of drug-likeness (QED) is 0.912. The summed E-state index contributed by atoms with van der Waals surface area (Å²) in [5.41, 5.74) is 0.720. The van der Waals surface area contributed by atoms with Gasteiger partial charge in [-0.3, -0.25) is 4.79 Å². The van der Waals surface area contributed by atoms with Crippen LogP contribution in [0, 0.1) is 6.92 Å². The van der Waals surface area contributed by atoms with Crippen molar-refractivity contribution in [1.82, 2.24) is 4.90 Å². The van der Waals surface area contributed by atoms with E-state index < -0.39 is 11.9 Å². The highest BCUT2D eigenvalue weighted by atomic mass is 19.3. The summed E-state index contributed by atoms with van der Waals surface area (Å²) in [5.74, 6) is -4.04. The van der Waals surface area contributed by atoms with Crippen LogP contribution in [-0.4, -0.2) is 48.0 Å². The van der Waals surface area contributed by atoms with Gasteiger partial charge in [0.15, 0.2) is 0 Å². The van der Waals surface area contributed by atoms with Crippen molar-refractivity contribution in [3.63, 3.8) is 0 Å². The summed E-state index contributed by atoms with van der Waals surface area (Å²) >= 11 is 0. The molecule has 1 N–H and O–H groups in total. The van der Waals surface area contributed by atoms with Gasteiger partial charge in [-0.15, -0.1) is 0 Å². The van der Waals surface area contributed by atoms with E-state index in [9.17, 15) is 23.5 Å². The van der Waals surface area contributed by atoms with E-state index in [2.05, 4.69) is 0 Å². The van der Waals surface area contributed by atoms with Crippen LogP contribution in [0.25, 0.3) is 0 Å². The van der Waals surface area contributed by atoms with Crippen molar-refractivity contribution in [2.75, 3.05) is 14.2 Å². The highest BCUT2D eigenvalue weighted by Crippen LogP contribution is 2.35.